The second-order valence-electron chi connectivity index (χ2n) is 5.50. The van der Waals surface area contributed by atoms with Gasteiger partial charge in [-0.05, 0) is 6.07 Å². The quantitative estimate of drug-likeness (QED) is 0.762. The number of pyridine rings is 1. The molecule has 2 aliphatic heterocycles. The number of rotatable bonds is 2. The Morgan fingerprint density at radius 1 is 1.25 bits per heavy atom. The minimum atomic E-state index is -0.143. The van der Waals surface area contributed by atoms with Gasteiger partial charge in [0.05, 0.1) is 0 Å². The summed E-state index contributed by atoms with van der Waals surface area (Å²) < 4.78 is 1.47. The van der Waals surface area contributed by atoms with Gasteiger partial charge in [-0.3, -0.25) is 14.5 Å². The van der Waals surface area contributed by atoms with E-state index in [9.17, 15) is 9.59 Å². The molecule has 0 bridgehead atoms. The largest absolute Gasteiger partial charge is 0.336 e. The summed E-state index contributed by atoms with van der Waals surface area (Å²) >= 11 is 0. The normalized spacial score (nSPS) is 20.8. The van der Waals surface area contributed by atoms with Crippen molar-refractivity contribution >= 4 is 5.91 Å². The van der Waals surface area contributed by atoms with Crippen molar-refractivity contribution in [2.75, 3.05) is 39.3 Å². The van der Waals surface area contributed by atoms with Gasteiger partial charge in [-0.2, -0.15) is 0 Å². The Bertz CT molecular complexity index is 557. The molecule has 2 aliphatic rings. The highest BCUT2D eigenvalue weighted by atomic mass is 16.2. The highest BCUT2D eigenvalue weighted by Gasteiger charge is 2.29. The fourth-order valence-electron chi connectivity index (χ4n) is 2.69. The van der Waals surface area contributed by atoms with Crippen LogP contribution in [-0.4, -0.2) is 65.6 Å². The lowest BCUT2D eigenvalue weighted by molar-refractivity contribution is 0.0502. The van der Waals surface area contributed by atoms with Gasteiger partial charge in [0.25, 0.3) is 11.5 Å². The summed E-state index contributed by atoms with van der Waals surface area (Å²) in [6.45, 7) is 5.44. The van der Waals surface area contributed by atoms with Gasteiger partial charge in [-0.15, -0.1) is 0 Å². The molecule has 0 aromatic carbocycles. The van der Waals surface area contributed by atoms with Crippen LogP contribution in [0.1, 0.15) is 10.4 Å². The third-order valence-corrected chi connectivity index (χ3v) is 4.23. The summed E-state index contributed by atoms with van der Waals surface area (Å²) in [5.41, 5.74) is 0.349. The zero-order chi connectivity index (χ0) is 14.1. The molecular weight excluding hydrogens is 256 g/mol. The first-order chi connectivity index (χ1) is 9.65. The molecule has 0 radical (unpaired) electrons. The van der Waals surface area contributed by atoms with E-state index in [1.165, 1.54) is 10.6 Å². The lowest BCUT2D eigenvalue weighted by atomic mass is 10.1. The fraction of sp³-hybridized carbons (Fsp3) is 0.571. The first kappa shape index (κ1) is 13.3. The molecule has 0 atom stereocenters. The molecule has 2 fully saturated rings. The van der Waals surface area contributed by atoms with E-state index in [1.54, 1.807) is 19.3 Å². The smallest absolute Gasteiger partial charge is 0.254 e. The maximum Gasteiger partial charge on any atom is 0.254 e. The molecule has 1 N–H and O–H groups in total. The van der Waals surface area contributed by atoms with Crippen LogP contribution in [0.5, 0.6) is 0 Å². The van der Waals surface area contributed by atoms with Gasteiger partial charge in [-0.1, -0.05) is 0 Å². The first-order valence-electron chi connectivity index (χ1n) is 7.06. The minimum absolute atomic E-state index is 0.0333. The number of carbonyl (C=O) groups excluding carboxylic acids is 1. The zero-order valence-electron chi connectivity index (χ0n) is 11.7. The molecule has 6 heteroatoms. The van der Waals surface area contributed by atoms with Crippen molar-refractivity contribution in [1.29, 1.82) is 0 Å². The van der Waals surface area contributed by atoms with Crippen LogP contribution in [0.15, 0.2) is 23.1 Å². The number of nitrogens with zero attached hydrogens (tertiary/aromatic N) is 3. The molecule has 20 heavy (non-hydrogen) atoms. The molecule has 1 aromatic rings. The van der Waals surface area contributed by atoms with Crippen molar-refractivity contribution in [3.63, 3.8) is 0 Å². The van der Waals surface area contributed by atoms with Crippen LogP contribution < -0.4 is 10.9 Å². The molecule has 3 heterocycles. The van der Waals surface area contributed by atoms with Crippen molar-refractivity contribution in [3.8, 4) is 0 Å². The third kappa shape index (κ3) is 2.48. The van der Waals surface area contributed by atoms with Crippen molar-refractivity contribution in [3.05, 3.63) is 34.2 Å². The number of hydrogen-bond acceptors (Lipinski definition) is 4. The summed E-state index contributed by atoms with van der Waals surface area (Å²) in [6, 6.07) is 3.77. The standard InChI is InChI=1S/C14H20N4O2/c1-16-3-2-11(8-13(16)19)14(20)18-6-4-17(5-7-18)12-9-15-10-12/h2-3,8,12,15H,4-7,9-10H2,1H3. The van der Waals surface area contributed by atoms with E-state index in [2.05, 4.69) is 10.2 Å². The number of nitrogens with one attached hydrogen (secondary N) is 1. The van der Waals surface area contributed by atoms with Crippen molar-refractivity contribution in [2.24, 2.45) is 7.05 Å². The number of piperazine rings is 1. The van der Waals surface area contributed by atoms with Crippen molar-refractivity contribution < 1.29 is 4.79 Å². The van der Waals surface area contributed by atoms with E-state index in [4.69, 9.17) is 0 Å². The second-order valence-corrected chi connectivity index (χ2v) is 5.50. The molecule has 1 aromatic heterocycles. The van der Waals surface area contributed by atoms with Crippen LogP contribution in [0.25, 0.3) is 0 Å². The maximum absolute atomic E-state index is 12.4. The predicted octanol–water partition coefficient (Wildman–Crippen LogP) is -0.885. The monoisotopic (exact) mass is 276 g/mol. The summed E-state index contributed by atoms with van der Waals surface area (Å²) in [4.78, 5) is 28.2. The number of carbonyl (C=O) groups is 1. The van der Waals surface area contributed by atoms with Crippen LogP contribution >= 0.6 is 0 Å². The molecule has 3 rings (SSSR count). The highest BCUT2D eigenvalue weighted by molar-refractivity contribution is 5.94. The van der Waals surface area contributed by atoms with Gasteiger partial charge >= 0.3 is 0 Å². The van der Waals surface area contributed by atoms with E-state index >= 15 is 0 Å². The fourth-order valence-corrected chi connectivity index (χ4v) is 2.69. The SMILES string of the molecule is Cn1ccc(C(=O)N2CCN(C3CNC3)CC2)cc1=O. The average Bonchev–Trinajstić information content (AvgIpc) is 2.40. The Morgan fingerprint density at radius 3 is 2.50 bits per heavy atom. The van der Waals surface area contributed by atoms with Gasteiger partial charge in [0.1, 0.15) is 0 Å². The van der Waals surface area contributed by atoms with Gasteiger partial charge in [-0.25, -0.2) is 0 Å². The number of hydrogen-bond donors (Lipinski definition) is 1. The van der Waals surface area contributed by atoms with Crippen LogP contribution in [0.4, 0.5) is 0 Å². The molecule has 2 saturated heterocycles. The van der Waals surface area contributed by atoms with Crippen molar-refractivity contribution in [2.45, 2.75) is 6.04 Å². The van der Waals surface area contributed by atoms with E-state index in [0.29, 0.717) is 11.6 Å². The molecule has 108 valence electrons. The molecule has 0 saturated carbocycles. The summed E-state index contributed by atoms with van der Waals surface area (Å²) in [6.07, 6.45) is 1.64. The molecule has 0 spiro atoms. The predicted molar refractivity (Wildman–Crippen MR) is 75.8 cm³/mol. The molecule has 1 amide bonds. The molecule has 6 nitrogen and oxygen atoms in total. The average molecular weight is 276 g/mol. The molecular formula is C14H20N4O2. The number of aryl methyl sites for hydroxylation is 1. The van der Waals surface area contributed by atoms with Crippen LogP contribution in [0, 0.1) is 0 Å². The van der Waals surface area contributed by atoms with Crippen molar-refractivity contribution in [1.82, 2.24) is 19.7 Å². The number of amides is 1. The summed E-state index contributed by atoms with van der Waals surface area (Å²) in [7, 11) is 1.68. The second kappa shape index (κ2) is 5.38. The molecule has 0 unspecified atom stereocenters. The van der Waals surface area contributed by atoms with E-state index in [0.717, 1.165) is 39.3 Å². The minimum Gasteiger partial charge on any atom is -0.336 e. The Balaban J connectivity index is 1.63. The van der Waals surface area contributed by atoms with Crippen LogP contribution in [0.2, 0.25) is 0 Å². The Labute approximate surface area is 118 Å². The van der Waals surface area contributed by atoms with Gasteiger partial charge in [0.15, 0.2) is 0 Å². The zero-order valence-corrected chi connectivity index (χ0v) is 11.7. The van der Waals surface area contributed by atoms with Crippen LogP contribution in [0.3, 0.4) is 0 Å². The van der Waals surface area contributed by atoms with E-state index in [-0.39, 0.29) is 11.5 Å². The van der Waals surface area contributed by atoms with Gasteiger partial charge < -0.3 is 14.8 Å². The maximum atomic E-state index is 12.4. The highest BCUT2D eigenvalue weighted by Crippen LogP contribution is 2.11. The van der Waals surface area contributed by atoms with Gasteiger partial charge in [0.2, 0.25) is 0 Å². The van der Waals surface area contributed by atoms with Crippen LogP contribution in [-0.2, 0) is 7.05 Å². The van der Waals surface area contributed by atoms with E-state index in [1.807, 2.05) is 4.90 Å². The first-order valence-corrected chi connectivity index (χ1v) is 7.06. The third-order valence-electron chi connectivity index (χ3n) is 4.23. The lowest BCUT2D eigenvalue weighted by Gasteiger charge is -2.43. The Morgan fingerprint density at radius 2 is 1.95 bits per heavy atom. The number of aromatic nitrogens is 1. The van der Waals surface area contributed by atoms with Gasteiger partial charge in [0, 0.05) is 70.2 Å². The molecule has 0 aliphatic carbocycles. The Kier molecular flexibility index (Phi) is 3.58. The lowest BCUT2D eigenvalue weighted by Crippen LogP contribution is -2.62. The van der Waals surface area contributed by atoms with E-state index < -0.39 is 0 Å². The topological polar surface area (TPSA) is 57.6 Å². The Hall–Kier alpha value is -1.66. The summed E-state index contributed by atoms with van der Waals surface area (Å²) in [5, 5.41) is 3.27. The summed E-state index contributed by atoms with van der Waals surface area (Å²) in [5.74, 6) is -0.0333.